The molecule has 2 aromatic heterocycles. The van der Waals surface area contributed by atoms with Gasteiger partial charge in [-0.05, 0) is 78.1 Å². The van der Waals surface area contributed by atoms with E-state index in [0.29, 0.717) is 27.7 Å². The number of H-pyrrole nitrogens is 1. The number of hydrogen-bond donors (Lipinski definition) is 4. The number of aromatic amines is 1. The number of aryl methyl sites for hydroxylation is 3. The lowest BCUT2D eigenvalue weighted by Crippen LogP contribution is -2.16. The summed E-state index contributed by atoms with van der Waals surface area (Å²) >= 11 is 0. The third-order valence-corrected chi connectivity index (χ3v) is 8.19. The number of aromatic nitrogens is 2. The Hall–Kier alpha value is -6.37. The molecule has 0 spiro atoms. The van der Waals surface area contributed by atoms with E-state index in [9.17, 15) is 33.1 Å². The Morgan fingerprint density at radius 2 is 1.38 bits per heavy atom. The van der Waals surface area contributed by atoms with Gasteiger partial charge in [-0.2, -0.15) is 10.5 Å². The average molecular weight is 649 g/mol. The number of amides is 2. The molecule has 9 nitrogen and oxygen atoms in total. The first-order valence-corrected chi connectivity index (χ1v) is 14.3. The predicted molar refractivity (Wildman–Crippen MR) is 174 cm³/mol. The van der Waals surface area contributed by atoms with Crippen LogP contribution < -0.4 is 11.5 Å². The average Bonchev–Trinajstić information content (AvgIpc) is 3.55. The largest absolute Gasteiger partial charge is 0.392 e. The molecule has 0 unspecified atom stereocenters. The van der Waals surface area contributed by atoms with Crippen LogP contribution in [0.25, 0.3) is 44.1 Å². The van der Waals surface area contributed by atoms with Crippen molar-refractivity contribution in [1.29, 1.82) is 10.5 Å². The number of nitrogens with zero attached hydrogens (tertiary/aromatic N) is 3. The van der Waals surface area contributed by atoms with Crippen LogP contribution in [0.1, 0.15) is 48.8 Å². The van der Waals surface area contributed by atoms with Crippen molar-refractivity contribution in [3.63, 3.8) is 0 Å². The number of fused-ring (bicyclic) bond motifs is 2. The zero-order chi connectivity index (χ0) is 35.0. The Kier molecular flexibility index (Phi) is 8.80. The van der Waals surface area contributed by atoms with Gasteiger partial charge in [-0.25, -0.2) is 13.2 Å². The fourth-order valence-electron chi connectivity index (χ4n) is 5.87. The lowest BCUT2D eigenvalue weighted by molar-refractivity contribution is 0.0985. The third-order valence-electron chi connectivity index (χ3n) is 8.19. The van der Waals surface area contributed by atoms with Crippen LogP contribution in [-0.4, -0.2) is 26.5 Å². The minimum atomic E-state index is -1.58. The lowest BCUT2D eigenvalue weighted by Gasteiger charge is -2.09. The van der Waals surface area contributed by atoms with E-state index in [1.165, 1.54) is 12.1 Å². The molecule has 0 saturated heterocycles. The Balaban J connectivity index is 0.000000188. The van der Waals surface area contributed by atoms with Crippen LogP contribution in [0.3, 0.4) is 0 Å². The summed E-state index contributed by atoms with van der Waals surface area (Å²) in [6.45, 7) is 3.45. The molecule has 6 N–H and O–H groups in total. The van der Waals surface area contributed by atoms with Crippen molar-refractivity contribution < 1.29 is 27.9 Å². The summed E-state index contributed by atoms with van der Waals surface area (Å²) < 4.78 is 42.1. The van der Waals surface area contributed by atoms with Gasteiger partial charge in [-0.15, -0.1) is 0 Å². The van der Waals surface area contributed by atoms with Crippen LogP contribution in [-0.2, 0) is 13.7 Å². The van der Waals surface area contributed by atoms with Crippen LogP contribution in [0.2, 0.25) is 0 Å². The van der Waals surface area contributed by atoms with Gasteiger partial charge < -0.3 is 26.1 Å². The van der Waals surface area contributed by atoms with Crippen molar-refractivity contribution in [2.45, 2.75) is 20.5 Å². The smallest absolute Gasteiger partial charge is 0.265 e. The number of halogens is 3. The van der Waals surface area contributed by atoms with Crippen LogP contribution in [0.15, 0.2) is 60.7 Å². The molecular weight excluding hydrogens is 621 g/mol. The zero-order valence-corrected chi connectivity index (χ0v) is 25.9. The normalized spacial score (nSPS) is 10.8. The number of carbonyl (C=O) groups excluding carboxylic acids is 2. The number of primary amides is 2. The van der Waals surface area contributed by atoms with E-state index < -0.39 is 29.3 Å². The molecule has 240 valence electrons. The SMILES string of the molecule is Cc1c(C(N)=O)[nH]c2c(-c3cc(F)c(F)c(F)c3)cc(C#N)cc12.Cc1c(C(N)=O)n(C)c2c(-c3ccc(CO)cc3)cc(C#N)cc12. The molecule has 0 fully saturated rings. The molecule has 0 aliphatic rings. The highest BCUT2D eigenvalue weighted by molar-refractivity contribution is 6.06. The standard InChI is InChI=1S/C19H17N3O2.C17H10F3N3O/c1-11-15-7-13(9-20)8-16(14-5-3-12(10-23)4-6-14)18(15)22(2)17(11)19(21)24;1-7-10-2-8(6-21)3-11(16(10)23-15(7)17(22)24)9-4-12(18)14(20)13(19)5-9/h3-8,23H,10H2,1-2H3,(H2,21,24);2-5,23H,1H3,(H2,22,24). The maximum Gasteiger partial charge on any atom is 0.265 e. The van der Waals surface area contributed by atoms with Crippen LogP contribution >= 0.6 is 0 Å². The van der Waals surface area contributed by atoms with Gasteiger partial charge in [0.25, 0.3) is 11.8 Å². The first-order chi connectivity index (χ1) is 22.8. The number of aliphatic hydroxyl groups is 1. The summed E-state index contributed by atoms with van der Waals surface area (Å²) in [6.07, 6.45) is 0. The molecule has 0 bridgehead atoms. The Morgan fingerprint density at radius 3 is 1.90 bits per heavy atom. The van der Waals surface area contributed by atoms with Gasteiger partial charge in [0.05, 0.1) is 40.9 Å². The monoisotopic (exact) mass is 648 g/mol. The summed E-state index contributed by atoms with van der Waals surface area (Å²) in [4.78, 5) is 26.1. The number of nitriles is 2. The second kappa shape index (κ2) is 12.8. The molecule has 0 radical (unpaired) electrons. The number of rotatable bonds is 5. The summed E-state index contributed by atoms with van der Waals surface area (Å²) in [6, 6.07) is 19.8. The molecule has 0 aliphatic carbocycles. The maximum absolute atomic E-state index is 13.6. The molecule has 4 aromatic carbocycles. The van der Waals surface area contributed by atoms with E-state index in [-0.39, 0.29) is 29.0 Å². The summed E-state index contributed by atoms with van der Waals surface area (Å²) in [5.41, 5.74) is 17.5. The molecule has 12 heteroatoms. The first kappa shape index (κ1) is 33.0. The molecule has 2 heterocycles. The highest BCUT2D eigenvalue weighted by Gasteiger charge is 2.21. The number of carbonyl (C=O) groups is 2. The molecule has 6 rings (SSSR count). The van der Waals surface area contributed by atoms with Crippen LogP contribution in [0.4, 0.5) is 13.2 Å². The molecule has 6 aromatic rings. The van der Waals surface area contributed by atoms with Gasteiger partial charge >= 0.3 is 0 Å². The van der Waals surface area contributed by atoms with Crippen LogP contribution in [0.5, 0.6) is 0 Å². The second-order valence-corrected chi connectivity index (χ2v) is 11.1. The van der Waals surface area contributed by atoms with Crippen molar-refractivity contribution in [2.75, 3.05) is 0 Å². The van der Waals surface area contributed by atoms with Crippen molar-refractivity contribution in [1.82, 2.24) is 9.55 Å². The number of nitrogens with two attached hydrogens (primary N) is 2. The van der Waals surface area contributed by atoms with E-state index in [4.69, 9.17) is 16.7 Å². The molecule has 0 atom stereocenters. The second-order valence-electron chi connectivity index (χ2n) is 11.1. The van der Waals surface area contributed by atoms with E-state index in [0.717, 1.165) is 45.3 Å². The van der Waals surface area contributed by atoms with Crippen molar-refractivity contribution >= 4 is 33.6 Å². The molecule has 2 amide bonds. The Bertz CT molecular complexity index is 2360. The highest BCUT2D eigenvalue weighted by Crippen LogP contribution is 2.36. The van der Waals surface area contributed by atoms with E-state index in [2.05, 4.69) is 11.1 Å². The summed E-state index contributed by atoms with van der Waals surface area (Å²) in [7, 11) is 1.80. The quantitative estimate of drug-likeness (QED) is 0.164. The third kappa shape index (κ3) is 5.73. The lowest BCUT2D eigenvalue weighted by atomic mass is 9.98. The molecule has 0 aliphatic heterocycles. The minimum Gasteiger partial charge on any atom is -0.392 e. The fraction of sp³-hybridized carbons (Fsp3) is 0.111. The predicted octanol–water partition coefficient (Wildman–Crippen LogP) is 6.15. The Morgan fingerprint density at radius 1 is 0.812 bits per heavy atom. The van der Waals surface area contributed by atoms with E-state index >= 15 is 0 Å². The van der Waals surface area contributed by atoms with E-state index in [1.54, 1.807) is 30.7 Å². The first-order valence-electron chi connectivity index (χ1n) is 14.3. The van der Waals surface area contributed by atoms with Gasteiger partial charge in [0.1, 0.15) is 11.4 Å². The van der Waals surface area contributed by atoms with Crippen molar-refractivity contribution in [3.8, 4) is 34.4 Å². The van der Waals surface area contributed by atoms with Gasteiger partial charge in [0, 0.05) is 28.9 Å². The minimum absolute atomic E-state index is 0.0248. The van der Waals surface area contributed by atoms with Crippen molar-refractivity contribution in [2.24, 2.45) is 18.5 Å². The molecule has 0 saturated carbocycles. The van der Waals surface area contributed by atoms with Gasteiger partial charge in [-0.1, -0.05) is 24.3 Å². The Labute approximate surface area is 272 Å². The summed E-state index contributed by atoms with van der Waals surface area (Å²) in [5.74, 6) is -5.47. The molecular formula is C36H27F3N6O3. The van der Waals surface area contributed by atoms with E-state index in [1.807, 2.05) is 37.3 Å². The number of hydrogen-bond acceptors (Lipinski definition) is 5. The van der Waals surface area contributed by atoms with Crippen molar-refractivity contribution in [3.05, 3.63) is 117 Å². The van der Waals surface area contributed by atoms with Crippen LogP contribution in [0, 0.1) is 54.0 Å². The van der Waals surface area contributed by atoms with Gasteiger partial charge in [0.15, 0.2) is 17.5 Å². The maximum atomic E-state index is 13.6. The zero-order valence-electron chi connectivity index (χ0n) is 25.9. The fourth-order valence-corrected chi connectivity index (χ4v) is 5.87. The molecule has 48 heavy (non-hydrogen) atoms. The number of nitrogens with one attached hydrogen (secondary N) is 1. The number of benzene rings is 4. The van der Waals surface area contributed by atoms with Gasteiger partial charge in [-0.3, -0.25) is 9.59 Å². The number of aliphatic hydroxyl groups excluding tert-OH is 1. The summed E-state index contributed by atoms with van der Waals surface area (Å²) in [5, 5.41) is 29.1. The highest BCUT2D eigenvalue weighted by atomic mass is 19.2. The van der Waals surface area contributed by atoms with Gasteiger partial charge in [0.2, 0.25) is 0 Å². The topological polar surface area (TPSA) is 175 Å².